The Hall–Kier alpha value is -1.56. The summed E-state index contributed by atoms with van der Waals surface area (Å²) in [4.78, 5) is 0. The highest BCUT2D eigenvalue weighted by Crippen LogP contribution is 2.42. The van der Waals surface area contributed by atoms with Gasteiger partial charge in [0.1, 0.15) is 0 Å². The molecule has 2 rings (SSSR count). The fourth-order valence-corrected chi connectivity index (χ4v) is 4.27. The lowest BCUT2D eigenvalue weighted by atomic mass is 9.67. The molecule has 0 N–H and O–H groups in total. The zero-order valence-electron chi connectivity index (χ0n) is 19.5. The molecule has 0 aliphatic rings. The van der Waals surface area contributed by atoms with Crippen LogP contribution in [0.3, 0.4) is 0 Å². The average Bonchev–Trinajstić information content (AvgIpc) is 2.64. The average molecular weight is 378 g/mol. The van der Waals surface area contributed by atoms with Crippen molar-refractivity contribution in [3.8, 4) is 0 Å². The van der Waals surface area contributed by atoms with Gasteiger partial charge in [0.15, 0.2) is 0 Å². The molecular formula is C28H41. The molecule has 1 radical (unpaired) electrons. The van der Waals surface area contributed by atoms with Crippen LogP contribution in [0.4, 0.5) is 0 Å². The monoisotopic (exact) mass is 377 g/mol. The van der Waals surface area contributed by atoms with Gasteiger partial charge in [0.25, 0.3) is 0 Å². The van der Waals surface area contributed by atoms with Crippen LogP contribution in [0.15, 0.2) is 48.5 Å². The number of hydrogen-bond acceptors (Lipinski definition) is 0. The van der Waals surface area contributed by atoms with Crippen molar-refractivity contribution >= 4 is 0 Å². The second-order valence-electron chi connectivity index (χ2n) is 10.4. The van der Waals surface area contributed by atoms with Crippen molar-refractivity contribution < 1.29 is 0 Å². The number of rotatable bonds is 7. The Kier molecular flexibility index (Phi) is 7.18. The van der Waals surface area contributed by atoms with Crippen molar-refractivity contribution in [2.45, 2.75) is 97.3 Å². The third kappa shape index (κ3) is 5.07. The third-order valence-electron chi connectivity index (χ3n) is 6.14. The molecule has 0 heterocycles. The summed E-state index contributed by atoms with van der Waals surface area (Å²) in [6, 6.07) is 19.0. The van der Waals surface area contributed by atoms with E-state index in [4.69, 9.17) is 0 Å². The Bertz CT molecular complexity index is 660. The van der Waals surface area contributed by atoms with Gasteiger partial charge in [-0.1, -0.05) is 110 Å². The molecule has 0 aliphatic heterocycles. The molecule has 28 heavy (non-hydrogen) atoms. The molecule has 0 saturated carbocycles. The van der Waals surface area contributed by atoms with Crippen LogP contribution >= 0.6 is 0 Å². The van der Waals surface area contributed by atoms with E-state index in [1.165, 1.54) is 41.5 Å². The first-order chi connectivity index (χ1) is 13.0. The summed E-state index contributed by atoms with van der Waals surface area (Å²) in [6.07, 6.45) is 7.00. The van der Waals surface area contributed by atoms with E-state index in [-0.39, 0.29) is 16.2 Å². The zero-order valence-corrected chi connectivity index (χ0v) is 19.5. The van der Waals surface area contributed by atoms with Crippen molar-refractivity contribution in [3.63, 3.8) is 0 Å². The molecule has 0 atom stereocenters. The third-order valence-corrected chi connectivity index (χ3v) is 6.14. The van der Waals surface area contributed by atoms with Crippen molar-refractivity contribution in [2.24, 2.45) is 0 Å². The summed E-state index contributed by atoms with van der Waals surface area (Å²) in [5.41, 5.74) is 6.22. The summed E-state index contributed by atoms with van der Waals surface area (Å²) < 4.78 is 0. The molecule has 0 aliphatic carbocycles. The van der Waals surface area contributed by atoms with Crippen LogP contribution in [0, 0.1) is 6.42 Å². The van der Waals surface area contributed by atoms with Gasteiger partial charge >= 0.3 is 0 Å². The Labute approximate surface area is 174 Å². The molecule has 153 valence electrons. The standard InChI is InChI=1S/C28H41/c1-9-11-21-28(20-10-2,24-16-12-22(13-17-24)26(3,4)5)25-18-14-23(15-19-25)27(6,7)8/h9,12-19H,10-11,20-21H2,1-8H3. The molecule has 0 bridgehead atoms. The van der Waals surface area contributed by atoms with Crippen molar-refractivity contribution in [1.29, 1.82) is 0 Å². The topological polar surface area (TPSA) is 0 Å². The van der Waals surface area contributed by atoms with E-state index in [9.17, 15) is 0 Å². The molecule has 0 nitrogen and oxygen atoms in total. The highest BCUT2D eigenvalue weighted by atomic mass is 14.4. The van der Waals surface area contributed by atoms with Crippen molar-refractivity contribution in [2.75, 3.05) is 0 Å². The van der Waals surface area contributed by atoms with E-state index in [1.807, 2.05) is 0 Å². The van der Waals surface area contributed by atoms with Crippen molar-refractivity contribution in [3.05, 3.63) is 77.2 Å². The van der Waals surface area contributed by atoms with Crippen LogP contribution in [-0.4, -0.2) is 0 Å². The second kappa shape index (κ2) is 8.85. The maximum Gasteiger partial charge on any atom is 0.0202 e. The summed E-state index contributed by atoms with van der Waals surface area (Å²) in [7, 11) is 0. The van der Waals surface area contributed by atoms with Gasteiger partial charge in [-0.2, -0.15) is 0 Å². The molecule has 0 spiro atoms. The van der Waals surface area contributed by atoms with E-state index in [0.717, 1.165) is 6.42 Å². The minimum absolute atomic E-state index is 0.0914. The highest BCUT2D eigenvalue weighted by molar-refractivity contribution is 5.43. The zero-order chi connectivity index (χ0) is 21.0. The minimum atomic E-state index is 0.0914. The van der Waals surface area contributed by atoms with Gasteiger partial charge in [-0.3, -0.25) is 0 Å². The first-order valence-electron chi connectivity index (χ1n) is 11.0. The van der Waals surface area contributed by atoms with Crippen LogP contribution < -0.4 is 0 Å². The van der Waals surface area contributed by atoms with Gasteiger partial charge in [-0.15, -0.1) is 0 Å². The van der Waals surface area contributed by atoms with Gasteiger partial charge in [0.2, 0.25) is 0 Å². The lowest BCUT2D eigenvalue weighted by Gasteiger charge is -2.36. The molecule has 0 unspecified atom stereocenters. The maximum atomic E-state index is 2.39. The largest absolute Gasteiger partial charge is 0.0653 e. The van der Waals surface area contributed by atoms with Crippen LogP contribution in [-0.2, 0) is 16.2 Å². The van der Waals surface area contributed by atoms with Crippen LogP contribution in [0.25, 0.3) is 0 Å². The van der Waals surface area contributed by atoms with E-state index in [2.05, 4.69) is 110 Å². The van der Waals surface area contributed by atoms with E-state index >= 15 is 0 Å². The van der Waals surface area contributed by atoms with Gasteiger partial charge in [0.05, 0.1) is 0 Å². The SMILES string of the molecule is C[CH]CCC(CCC)(c1ccc(C(C)(C)C)cc1)c1ccc(C(C)(C)C)cc1. The summed E-state index contributed by atoms with van der Waals surface area (Å²) in [6.45, 7) is 18.2. The Balaban J connectivity index is 2.56. The molecule has 0 fully saturated rings. The van der Waals surface area contributed by atoms with E-state index < -0.39 is 0 Å². The molecule has 0 amide bonds. The predicted molar refractivity (Wildman–Crippen MR) is 125 cm³/mol. The predicted octanol–water partition coefficient (Wildman–Crippen LogP) is 8.37. The van der Waals surface area contributed by atoms with Gasteiger partial charge in [0, 0.05) is 5.41 Å². The quantitative estimate of drug-likeness (QED) is 0.454. The van der Waals surface area contributed by atoms with E-state index in [0.29, 0.717) is 0 Å². The van der Waals surface area contributed by atoms with Crippen LogP contribution in [0.5, 0.6) is 0 Å². The lowest BCUT2D eigenvalue weighted by Crippen LogP contribution is -2.28. The summed E-state index contributed by atoms with van der Waals surface area (Å²) in [5, 5.41) is 0. The highest BCUT2D eigenvalue weighted by Gasteiger charge is 2.33. The van der Waals surface area contributed by atoms with Gasteiger partial charge < -0.3 is 0 Å². The molecule has 2 aromatic rings. The van der Waals surface area contributed by atoms with Crippen molar-refractivity contribution in [1.82, 2.24) is 0 Å². The molecular weight excluding hydrogens is 336 g/mol. The van der Waals surface area contributed by atoms with Crippen LogP contribution in [0.1, 0.15) is 103 Å². The molecule has 0 heteroatoms. The van der Waals surface area contributed by atoms with E-state index in [1.54, 1.807) is 0 Å². The van der Waals surface area contributed by atoms with Gasteiger partial charge in [-0.05, 0) is 58.8 Å². The fourth-order valence-electron chi connectivity index (χ4n) is 4.27. The number of unbranched alkanes of at least 4 members (excludes halogenated alkanes) is 1. The number of hydrogen-bond donors (Lipinski definition) is 0. The fraction of sp³-hybridized carbons (Fsp3) is 0.536. The maximum absolute atomic E-state index is 2.39. The van der Waals surface area contributed by atoms with Gasteiger partial charge in [-0.25, -0.2) is 0 Å². The Morgan fingerprint density at radius 3 is 1.25 bits per heavy atom. The first kappa shape index (κ1) is 22.7. The van der Waals surface area contributed by atoms with Crippen LogP contribution in [0.2, 0.25) is 0 Å². The lowest BCUT2D eigenvalue weighted by molar-refractivity contribution is 0.428. The summed E-state index contributed by atoms with van der Waals surface area (Å²) >= 11 is 0. The Morgan fingerprint density at radius 1 is 0.607 bits per heavy atom. The Morgan fingerprint density at radius 2 is 0.964 bits per heavy atom. The number of benzene rings is 2. The normalized spacial score (nSPS) is 13.0. The molecule has 2 aromatic carbocycles. The molecule has 0 aromatic heterocycles. The second-order valence-corrected chi connectivity index (χ2v) is 10.4. The minimum Gasteiger partial charge on any atom is -0.0653 e. The first-order valence-corrected chi connectivity index (χ1v) is 11.0. The summed E-state index contributed by atoms with van der Waals surface area (Å²) in [5.74, 6) is 0. The molecule has 0 saturated heterocycles. The smallest absolute Gasteiger partial charge is 0.0202 e.